The maximum absolute atomic E-state index is 11.5. The van der Waals surface area contributed by atoms with Crippen LogP contribution < -0.4 is 15.8 Å². The Morgan fingerprint density at radius 2 is 1.32 bits per heavy atom. The van der Waals surface area contributed by atoms with Crippen molar-refractivity contribution in [2.45, 2.75) is 148 Å². The SMILES string of the molecule is COC(=O)COc1ccc(-c2ccc(CNc3nc4c(N)ncnc4n3[C@@H]3O[C@H](CO[Si](C)(C)C(C)(C)C)[C@@H](O[Si](C)(C)C(C)(C)C)[C@H]3O[Si](C)(C)C(C)(C)C)cc2)cc1. The number of carbonyl (C=O) groups excluding carboxylic acids is 1. The van der Waals surface area contributed by atoms with Crippen molar-refractivity contribution in [2.24, 2.45) is 0 Å². The van der Waals surface area contributed by atoms with Crippen molar-refractivity contribution in [3.8, 4) is 16.9 Å². The molecule has 330 valence electrons. The van der Waals surface area contributed by atoms with E-state index in [4.69, 9.17) is 38.5 Å². The van der Waals surface area contributed by atoms with Gasteiger partial charge in [0.1, 0.15) is 30.4 Å². The van der Waals surface area contributed by atoms with Crippen LogP contribution in [0.1, 0.15) is 74.1 Å². The molecule has 3 heterocycles. The number of aromatic nitrogens is 4. The second-order valence-corrected chi connectivity index (χ2v) is 34.8. The summed E-state index contributed by atoms with van der Waals surface area (Å²) in [6, 6.07) is 15.9. The van der Waals surface area contributed by atoms with Crippen molar-refractivity contribution in [2.75, 3.05) is 31.4 Å². The third-order valence-corrected chi connectivity index (χ3v) is 26.6. The monoisotopic (exact) mass is 878 g/mol. The molecule has 3 N–H and O–H groups in total. The summed E-state index contributed by atoms with van der Waals surface area (Å²) < 4.78 is 41.3. The van der Waals surface area contributed by atoms with Gasteiger partial charge in [0.15, 0.2) is 54.8 Å². The highest BCUT2D eigenvalue weighted by molar-refractivity contribution is 6.75. The third kappa shape index (κ3) is 10.5. The molecule has 0 saturated carbocycles. The first kappa shape index (κ1) is 47.4. The lowest BCUT2D eigenvalue weighted by atomic mass is 10.0. The van der Waals surface area contributed by atoms with Gasteiger partial charge in [-0.25, -0.2) is 19.7 Å². The molecule has 2 aromatic heterocycles. The van der Waals surface area contributed by atoms with Crippen LogP contribution in [0.2, 0.25) is 54.4 Å². The number of fused-ring (bicyclic) bond motifs is 1. The van der Waals surface area contributed by atoms with E-state index in [2.05, 4.69) is 141 Å². The van der Waals surface area contributed by atoms with E-state index in [1.54, 1.807) is 0 Å². The first-order valence-corrected chi connectivity index (χ1v) is 29.6. The average molecular weight is 879 g/mol. The van der Waals surface area contributed by atoms with E-state index in [9.17, 15) is 4.79 Å². The molecule has 1 fully saturated rings. The van der Waals surface area contributed by atoms with E-state index < -0.39 is 55.5 Å². The number of imidazole rings is 1. The maximum atomic E-state index is 11.5. The minimum Gasteiger partial charge on any atom is -0.482 e. The Morgan fingerprint density at radius 3 is 1.85 bits per heavy atom. The number of hydrogen-bond donors (Lipinski definition) is 2. The summed E-state index contributed by atoms with van der Waals surface area (Å²) in [4.78, 5) is 25.6. The molecular weight excluding hydrogens is 809 g/mol. The molecule has 0 unspecified atom stereocenters. The van der Waals surface area contributed by atoms with Gasteiger partial charge in [0.25, 0.3) is 0 Å². The molecular formula is C44H70N6O7Si3. The van der Waals surface area contributed by atoms with Gasteiger partial charge in [-0.15, -0.1) is 0 Å². The molecule has 2 aromatic carbocycles. The predicted molar refractivity (Wildman–Crippen MR) is 248 cm³/mol. The van der Waals surface area contributed by atoms with Gasteiger partial charge in [-0.05, 0) is 83.2 Å². The summed E-state index contributed by atoms with van der Waals surface area (Å²) in [7, 11) is -5.65. The summed E-state index contributed by atoms with van der Waals surface area (Å²) >= 11 is 0. The molecule has 0 bridgehead atoms. The van der Waals surface area contributed by atoms with Crippen LogP contribution in [-0.2, 0) is 34.1 Å². The fourth-order valence-electron chi connectivity index (χ4n) is 6.09. The van der Waals surface area contributed by atoms with E-state index in [0.29, 0.717) is 36.0 Å². The number of nitrogens with zero attached hydrogens (tertiary/aromatic N) is 4. The molecule has 0 radical (unpaired) electrons. The summed E-state index contributed by atoms with van der Waals surface area (Å²) in [6.45, 7) is 34.6. The Hall–Kier alpha value is -3.65. The van der Waals surface area contributed by atoms with Gasteiger partial charge in [0, 0.05) is 6.54 Å². The second-order valence-electron chi connectivity index (χ2n) is 20.5. The Balaban J connectivity index is 1.53. The topological polar surface area (TPSA) is 154 Å². The number of hydrogen-bond acceptors (Lipinski definition) is 12. The minimum atomic E-state index is -2.43. The number of nitrogens with two attached hydrogens (primary N) is 1. The fraction of sp³-hybridized carbons (Fsp3) is 0.591. The third-order valence-electron chi connectivity index (χ3n) is 13.1. The van der Waals surface area contributed by atoms with Gasteiger partial charge >= 0.3 is 5.97 Å². The van der Waals surface area contributed by atoms with E-state index in [0.717, 1.165) is 16.7 Å². The van der Waals surface area contributed by atoms with Crippen LogP contribution in [0, 0.1) is 0 Å². The van der Waals surface area contributed by atoms with Gasteiger partial charge in [-0.3, -0.25) is 4.57 Å². The molecule has 16 heteroatoms. The first-order valence-electron chi connectivity index (χ1n) is 20.9. The van der Waals surface area contributed by atoms with Crippen LogP contribution in [0.3, 0.4) is 0 Å². The van der Waals surface area contributed by atoms with Crippen molar-refractivity contribution < 1.29 is 32.3 Å². The zero-order valence-corrected chi connectivity index (χ0v) is 41.9. The molecule has 0 amide bonds. The molecule has 4 atom stereocenters. The zero-order valence-electron chi connectivity index (χ0n) is 38.9. The number of anilines is 2. The summed E-state index contributed by atoms with van der Waals surface area (Å²) in [6.07, 6.45) is -0.584. The molecule has 1 saturated heterocycles. The van der Waals surface area contributed by atoms with Crippen LogP contribution in [0.25, 0.3) is 22.3 Å². The predicted octanol–water partition coefficient (Wildman–Crippen LogP) is 9.94. The summed E-state index contributed by atoms with van der Waals surface area (Å²) in [5.74, 6) is 0.976. The molecule has 5 rings (SSSR count). The number of nitrogen functional groups attached to an aromatic ring is 1. The number of carbonyl (C=O) groups is 1. The average Bonchev–Trinajstić information content (AvgIpc) is 3.68. The quantitative estimate of drug-likeness (QED) is 0.0863. The lowest BCUT2D eigenvalue weighted by Crippen LogP contribution is -2.54. The highest BCUT2D eigenvalue weighted by Crippen LogP contribution is 2.48. The van der Waals surface area contributed by atoms with E-state index >= 15 is 0 Å². The summed E-state index contributed by atoms with van der Waals surface area (Å²) in [5, 5.41) is 3.46. The van der Waals surface area contributed by atoms with Crippen LogP contribution in [-0.4, -0.2) is 89.1 Å². The number of esters is 1. The lowest BCUT2D eigenvalue weighted by Gasteiger charge is -2.44. The van der Waals surface area contributed by atoms with E-state index in [-0.39, 0.29) is 27.5 Å². The maximum Gasteiger partial charge on any atom is 0.343 e. The molecule has 1 aliphatic rings. The van der Waals surface area contributed by atoms with Gasteiger partial charge < -0.3 is 38.5 Å². The fourth-order valence-corrected chi connectivity index (χ4v) is 9.71. The minimum absolute atomic E-state index is 0.00841. The molecule has 60 heavy (non-hydrogen) atoms. The van der Waals surface area contributed by atoms with E-state index in [1.165, 1.54) is 13.4 Å². The van der Waals surface area contributed by atoms with E-state index in [1.807, 2.05) is 28.8 Å². The van der Waals surface area contributed by atoms with Crippen LogP contribution in [0.5, 0.6) is 5.75 Å². The Bertz CT molecular complexity index is 2090. The van der Waals surface area contributed by atoms with Crippen molar-refractivity contribution in [1.82, 2.24) is 19.5 Å². The standard InChI is InChI=1S/C44H70N6O7Si3/c1-42(2,3)58(11,12)54-26-33-36(56-59(13,14)43(4,5)6)37(57-60(15,16)44(7,8)9)40(55-33)50-39-35(38(45)47-28-48-39)49-41(50)46-25-29-17-19-30(20-18-29)31-21-23-32(24-22-31)53-27-34(51)52-10/h17-24,28,33,36-37,40H,25-27H2,1-16H3,(H,46,49)(H2,45,47,48)/t33-,36-,37-,40-/m1/s1. The number of ether oxygens (including phenoxy) is 3. The smallest absolute Gasteiger partial charge is 0.343 e. The molecule has 0 aliphatic carbocycles. The normalized spacial score (nSPS) is 19.5. The Kier molecular flexibility index (Phi) is 13.9. The lowest BCUT2D eigenvalue weighted by molar-refractivity contribution is -0.142. The van der Waals surface area contributed by atoms with Gasteiger partial charge in [0.2, 0.25) is 5.95 Å². The molecule has 0 spiro atoms. The van der Waals surface area contributed by atoms with Crippen molar-refractivity contribution in [3.05, 3.63) is 60.4 Å². The molecule has 1 aliphatic heterocycles. The second kappa shape index (κ2) is 17.6. The number of methoxy groups -OCH3 is 1. The number of rotatable bonds is 15. The highest BCUT2D eigenvalue weighted by Gasteiger charge is 2.55. The van der Waals surface area contributed by atoms with Gasteiger partial charge in [-0.2, -0.15) is 0 Å². The molecule has 13 nitrogen and oxygen atoms in total. The largest absolute Gasteiger partial charge is 0.482 e. The van der Waals surface area contributed by atoms with Gasteiger partial charge in [0.05, 0.1) is 13.7 Å². The Morgan fingerprint density at radius 1 is 0.783 bits per heavy atom. The Labute approximate surface area is 360 Å². The highest BCUT2D eigenvalue weighted by atomic mass is 28.4. The van der Waals surface area contributed by atoms with Gasteiger partial charge in [-0.1, -0.05) is 98.7 Å². The van der Waals surface area contributed by atoms with Crippen LogP contribution >= 0.6 is 0 Å². The zero-order chi connectivity index (χ0) is 44.6. The van der Waals surface area contributed by atoms with Crippen molar-refractivity contribution in [1.29, 1.82) is 0 Å². The molecule has 4 aromatic rings. The van der Waals surface area contributed by atoms with Crippen LogP contribution in [0.4, 0.5) is 11.8 Å². The summed E-state index contributed by atoms with van der Waals surface area (Å²) in [5.41, 5.74) is 10.6. The van der Waals surface area contributed by atoms with Crippen LogP contribution in [0.15, 0.2) is 54.9 Å². The number of benzene rings is 2. The number of nitrogens with one attached hydrogen (secondary N) is 1. The van der Waals surface area contributed by atoms with Crippen molar-refractivity contribution >= 4 is 53.9 Å². The van der Waals surface area contributed by atoms with Crippen molar-refractivity contribution in [3.63, 3.8) is 0 Å². The first-order chi connectivity index (χ1) is 27.7.